The average molecular weight is 259 g/mol. The Labute approximate surface area is 79.9 Å². The maximum absolute atomic E-state index is 11.8. The summed E-state index contributed by atoms with van der Waals surface area (Å²) in [5.41, 5.74) is 0. The van der Waals surface area contributed by atoms with Crippen LogP contribution in [-0.4, -0.2) is 11.7 Å². The molecule has 0 amide bonds. The van der Waals surface area contributed by atoms with Crippen LogP contribution in [0, 0.1) is 0 Å². The molecule has 1 heterocycles. The van der Waals surface area contributed by atoms with Crippen molar-refractivity contribution in [3.8, 4) is 5.75 Å². The smallest absolute Gasteiger partial charge is 0.387 e. The van der Waals surface area contributed by atoms with Crippen LogP contribution in [0.4, 0.5) is 8.78 Å². The summed E-state index contributed by atoms with van der Waals surface area (Å²) < 4.78 is 28.2. The highest BCUT2D eigenvalue weighted by atomic mass is 79.9. The highest BCUT2D eigenvalue weighted by Crippen LogP contribution is 2.35. The molecule has 0 fully saturated rings. The van der Waals surface area contributed by atoms with Gasteiger partial charge in [-0.15, -0.1) is 11.3 Å². The number of hydrogen-bond donors (Lipinski definition) is 1. The van der Waals surface area contributed by atoms with Crippen LogP contribution in [0.15, 0.2) is 9.85 Å². The van der Waals surface area contributed by atoms with E-state index >= 15 is 0 Å². The molecule has 1 N–H and O–H groups in total. The molecule has 12 heavy (non-hydrogen) atoms. The fraction of sp³-hybridized carbons (Fsp3) is 0.333. The normalized spacial score (nSPS) is 10.8. The Morgan fingerprint density at radius 2 is 2.33 bits per heavy atom. The van der Waals surface area contributed by atoms with Gasteiger partial charge in [0.05, 0.1) is 16.0 Å². The summed E-state index contributed by atoms with van der Waals surface area (Å²) in [6, 6.07) is 0. The van der Waals surface area contributed by atoms with Crippen LogP contribution in [0.5, 0.6) is 5.75 Å². The number of rotatable bonds is 3. The van der Waals surface area contributed by atoms with Gasteiger partial charge in [0, 0.05) is 5.38 Å². The maximum Gasteiger partial charge on any atom is 0.387 e. The standard InChI is InChI=1S/C6H5BrF2O2S/c7-3-2-12-4(1-10)5(3)11-6(8)9/h2,6,10H,1H2. The van der Waals surface area contributed by atoms with Crippen molar-refractivity contribution >= 4 is 27.3 Å². The summed E-state index contributed by atoms with van der Waals surface area (Å²) in [5, 5.41) is 10.3. The van der Waals surface area contributed by atoms with Crippen molar-refractivity contribution in [2.24, 2.45) is 0 Å². The summed E-state index contributed by atoms with van der Waals surface area (Å²) in [4.78, 5) is 0.391. The van der Waals surface area contributed by atoms with Gasteiger partial charge < -0.3 is 9.84 Å². The van der Waals surface area contributed by atoms with Gasteiger partial charge in [0.15, 0.2) is 5.75 Å². The van der Waals surface area contributed by atoms with Crippen molar-refractivity contribution in [1.29, 1.82) is 0 Å². The largest absolute Gasteiger partial charge is 0.432 e. The molecule has 0 aromatic carbocycles. The van der Waals surface area contributed by atoms with Gasteiger partial charge in [-0.25, -0.2) is 0 Å². The van der Waals surface area contributed by atoms with E-state index in [-0.39, 0.29) is 12.4 Å². The quantitative estimate of drug-likeness (QED) is 0.904. The van der Waals surface area contributed by atoms with Gasteiger partial charge in [0.25, 0.3) is 0 Å². The predicted molar refractivity (Wildman–Crippen MR) is 44.6 cm³/mol. The SMILES string of the molecule is OCc1scc(Br)c1OC(F)F. The summed E-state index contributed by atoms with van der Waals surface area (Å²) in [6.45, 7) is -3.15. The van der Waals surface area contributed by atoms with Crippen molar-refractivity contribution in [1.82, 2.24) is 0 Å². The highest BCUT2D eigenvalue weighted by molar-refractivity contribution is 9.10. The average Bonchev–Trinajstić information content (AvgIpc) is 2.32. The van der Waals surface area contributed by atoms with E-state index in [2.05, 4.69) is 20.7 Å². The molecule has 2 nitrogen and oxygen atoms in total. The van der Waals surface area contributed by atoms with Gasteiger partial charge in [-0.2, -0.15) is 8.78 Å². The highest BCUT2D eigenvalue weighted by Gasteiger charge is 2.14. The van der Waals surface area contributed by atoms with E-state index in [1.165, 1.54) is 0 Å². The Balaban J connectivity index is 2.86. The zero-order valence-electron chi connectivity index (χ0n) is 5.76. The van der Waals surface area contributed by atoms with E-state index in [4.69, 9.17) is 5.11 Å². The second-order valence-electron chi connectivity index (χ2n) is 1.87. The molecule has 0 aliphatic carbocycles. The van der Waals surface area contributed by atoms with Crippen LogP contribution >= 0.6 is 27.3 Å². The Kier molecular flexibility index (Phi) is 3.42. The topological polar surface area (TPSA) is 29.5 Å². The van der Waals surface area contributed by atoms with E-state index in [1.54, 1.807) is 5.38 Å². The first-order valence-electron chi connectivity index (χ1n) is 2.96. The first-order chi connectivity index (χ1) is 5.65. The van der Waals surface area contributed by atoms with Gasteiger partial charge in [-0.3, -0.25) is 0 Å². The molecule has 0 spiro atoms. The van der Waals surface area contributed by atoms with Crippen LogP contribution in [0.1, 0.15) is 4.88 Å². The fourth-order valence-electron chi connectivity index (χ4n) is 0.683. The van der Waals surface area contributed by atoms with Gasteiger partial charge >= 0.3 is 6.61 Å². The Morgan fingerprint density at radius 3 is 2.83 bits per heavy atom. The van der Waals surface area contributed by atoms with Crippen LogP contribution in [0.25, 0.3) is 0 Å². The zero-order valence-corrected chi connectivity index (χ0v) is 8.16. The summed E-state index contributed by atoms with van der Waals surface area (Å²) in [5.74, 6) is 0.0255. The van der Waals surface area contributed by atoms with E-state index < -0.39 is 6.61 Å². The molecule has 68 valence electrons. The number of halogens is 3. The third-order valence-electron chi connectivity index (χ3n) is 1.13. The summed E-state index contributed by atoms with van der Waals surface area (Å²) in [7, 11) is 0. The fourth-order valence-corrected chi connectivity index (χ4v) is 2.12. The number of hydrogen-bond acceptors (Lipinski definition) is 3. The lowest BCUT2D eigenvalue weighted by Crippen LogP contribution is -2.03. The minimum atomic E-state index is -2.86. The first kappa shape index (κ1) is 9.88. The maximum atomic E-state index is 11.8. The zero-order chi connectivity index (χ0) is 9.14. The van der Waals surface area contributed by atoms with Gasteiger partial charge in [-0.05, 0) is 15.9 Å². The number of aliphatic hydroxyl groups excluding tert-OH is 1. The van der Waals surface area contributed by atoms with Crippen LogP contribution < -0.4 is 4.74 Å². The number of thiophene rings is 1. The number of aliphatic hydroxyl groups is 1. The lowest BCUT2D eigenvalue weighted by Gasteiger charge is -2.04. The molecule has 0 unspecified atom stereocenters. The van der Waals surface area contributed by atoms with E-state index in [1.807, 2.05) is 0 Å². The molecule has 0 radical (unpaired) electrons. The Morgan fingerprint density at radius 1 is 1.67 bits per heavy atom. The molecular formula is C6H5BrF2O2S. The van der Waals surface area contributed by atoms with Gasteiger partial charge in [0.2, 0.25) is 0 Å². The lowest BCUT2D eigenvalue weighted by atomic mass is 10.4. The molecule has 1 aromatic rings. The summed E-state index contributed by atoms with van der Waals surface area (Å²) in [6.07, 6.45) is 0. The van der Waals surface area contributed by atoms with Crippen molar-refractivity contribution in [3.63, 3.8) is 0 Å². The molecule has 1 rings (SSSR count). The second-order valence-corrected chi connectivity index (χ2v) is 3.69. The van der Waals surface area contributed by atoms with Crippen LogP contribution in [0.2, 0.25) is 0 Å². The molecule has 1 aromatic heterocycles. The van der Waals surface area contributed by atoms with E-state index in [9.17, 15) is 8.78 Å². The van der Waals surface area contributed by atoms with Gasteiger partial charge in [0.1, 0.15) is 0 Å². The third kappa shape index (κ3) is 2.15. The Bertz CT molecular complexity index is 264. The van der Waals surface area contributed by atoms with Crippen LogP contribution in [-0.2, 0) is 6.61 Å². The van der Waals surface area contributed by atoms with E-state index in [0.29, 0.717) is 9.35 Å². The minimum absolute atomic E-state index is 0.0255. The van der Waals surface area contributed by atoms with Crippen molar-refractivity contribution in [3.05, 3.63) is 14.7 Å². The number of alkyl halides is 2. The molecule has 0 aliphatic rings. The second kappa shape index (κ2) is 4.15. The molecule has 0 saturated heterocycles. The van der Waals surface area contributed by atoms with Crippen molar-refractivity contribution in [2.75, 3.05) is 0 Å². The lowest BCUT2D eigenvalue weighted by molar-refractivity contribution is -0.0510. The summed E-state index contributed by atoms with van der Waals surface area (Å²) >= 11 is 4.19. The molecule has 0 atom stereocenters. The van der Waals surface area contributed by atoms with Crippen LogP contribution in [0.3, 0.4) is 0 Å². The molecule has 0 bridgehead atoms. The van der Waals surface area contributed by atoms with E-state index in [0.717, 1.165) is 11.3 Å². The third-order valence-corrected chi connectivity index (χ3v) is 2.97. The van der Waals surface area contributed by atoms with Crippen molar-refractivity contribution < 1.29 is 18.6 Å². The monoisotopic (exact) mass is 258 g/mol. The van der Waals surface area contributed by atoms with Crippen molar-refractivity contribution in [2.45, 2.75) is 13.2 Å². The molecule has 0 aliphatic heterocycles. The molecule has 0 saturated carbocycles. The molecule has 6 heteroatoms. The first-order valence-corrected chi connectivity index (χ1v) is 4.64. The van der Waals surface area contributed by atoms with Gasteiger partial charge in [-0.1, -0.05) is 0 Å². The molecular weight excluding hydrogens is 254 g/mol. The predicted octanol–water partition coefficient (Wildman–Crippen LogP) is 2.60. The Hall–Kier alpha value is -0.200. The number of ether oxygens (including phenoxy) is 1. The minimum Gasteiger partial charge on any atom is -0.432 e.